The summed E-state index contributed by atoms with van der Waals surface area (Å²) in [6.45, 7) is 7.46. The first-order chi connectivity index (χ1) is 7.68. The molecule has 0 heterocycles. The van der Waals surface area contributed by atoms with Crippen LogP contribution in [0.2, 0.25) is 0 Å². The number of hydrogen-bond acceptors (Lipinski definition) is 3. The molecule has 2 atom stereocenters. The molecule has 0 fully saturated rings. The van der Waals surface area contributed by atoms with Crippen LogP contribution < -0.4 is 4.72 Å². The summed E-state index contributed by atoms with van der Waals surface area (Å²) < 4.78 is 25.7. The van der Waals surface area contributed by atoms with E-state index in [4.69, 9.17) is 5.11 Å². The number of sulfonamides is 1. The maximum Gasteiger partial charge on any atom is 0.321 e. The van der Waals surface area contributed by atoms with Crippen LogP contribution in [-0.4, -0.2) is 31.3 Å². The van der Waals surface area contributed by atoms with E-state index >= 15 is 0 Å². The van der Waals surface area contributed by atoms with Crippen LogP contribution in [0.5, 0.6) is 0 Å². The summed E-state index contributed by atoms with van der Waals surface area (Å²) in [6.07, 6.45) is 1.05. The molecule has 2 N–H and O–H groups in total. The monoisotopic (exact) mass is 265 g/mol. The van der Waals surface area contributed by atoms with Crippen LogP contribution in [0.4, 0.5) is 0 Å². The molecule has 0 rings (SSSR count). The van der Waals surface area contributed by atoms with E-state index in [2.05, 4.69) is 4.72 Å². The molecular formula is C11H23NO4S. The van der Waals surface area contributed by atoms with Crippen molar-refractivity contribution in [1.29, 1.82) is 0 Å². The van der Waals surface area contributed by atoms with E-state index in [1.54, 1.807) is 0 Å². The molecule has 0 saturated carbocycles. The van der Waals surface area contributed by atoms with Gasteiger partial charge in [0.05, 0.1) is 5.75 Å². The SMILES string of the molecule is CCC(C)CS(=O)(=O)N[C@H](CC(C)C)C(=O)O. The van der Waals surface area contributed by atoms with E-state index in [1.807, 2.05) is 27.7 Å². The summed E-state index contributed by atoms with van der Waals surface area (Å²) in [5.74, 6) is -0.986. The normalized spacial score (nSPS) is 15.8. The van der Waals surface area contributed by atoms with Gasteiger partial charge < -0.3 is 5.11 Å². The molecule has 0 radical (unpaired) electrons. The lowest BCUT2D eigenvalue weighted by Gasteiger charge is -2.18. The Morgan fingerprint density at radius 1 is 1.29 bits per heavy atom. The van der Waals surface area contributed by atoms with E-state index in [1.165, 1.54) is 0 Å². The molecule has 0 aromatic heterocycles. The number of rotatable bonds is 8. The number of aliphatic carboxylic acids is 1. The summed E-state index contributed by atoms with van der Waals surface area (Å²) in [6, 6.07) is -1.02. The maximum atomic E-state index is 11.7. The topological polar surface area (TPSA) is 83.5 Å². The quantitative estimate of drug-likeness (QED) is 0.696. The summed E-state index contributed by atoms with van der Waals surface area (Å²) in [4.78, 5) is 10.9. The average molecular weight is 265 g/mol. The van der Waals surface area contributed by atoms with Crippen LogP contribution in [0.25, 0.3) is 0 Å². The summed E-state index contributed by atoms with van der Waals surface area (Å²) in [5, 5.41) is 8.95. The molecule has 0 aromatic rings. The average Bonchev–Trinajstić information content (AvgIpc) is 2.14. The van der Waals surface area contributed by atoms with Gasteiger partial charge in [-0.15, -0.1) is 0 Å². The fraction of sp³-hybridized carbons (Fsp3) is 0.909. The number of carboxylic acid groups (broad SMARTS) is 1. The molecule has 102 valence electrons. The third kappa shape index (κ3) is 7.33. The van der Waals surface area contributed by atoms with E-state index in [0.29, 0.717) is 6.42 Å². The fourth-order valence-corrected chi connectivity index (χ4v) is 3.14. The Balaban J connectivity index is 4.58. The van der Waals surface area contributed by atoms with Gasteiger partial charge in [-0.3, -0.25) is 4.79 Å². The zero-order chi connectivity index (χ0) is 13.6. The number of hydrogen-bond donors (Lipinski definition) is 2. The van der Waals surface area contributed by atoms with Gasteiger partial charge >= 0.3 is 5.97 Å². The summed E-state index contributed by atoms with van der Waals surface area (Å²) in [7, 11) is -3.51. The van der Waals surface area contributed by atoms with Crippen LogP contribution in [-0.2, 0) is 14.8 Å². The standard InChI is InChI=1S/C11H23NO4S/c1-5-9(4)7-17(15,16)12-10(11(13)14)6-8(2)3/h8-10,12H,5-7H2,1-4H3,(H,13,14)/t9?,10-/m1/s1. The first-order valence-electron chi connectivity index (χ1n) is 5.90. The van der Waals surface area contributed by atoms with Gasteiger partial charge in [0.1, 0.15) is 6.04 Å². The highest BCUT2D eigenvalue weighted by Crippen LogP contribution is 2.09. The van der Waals surface area contributed by atoms with Crippen LogP contribution in [0.3, 0.4) is 0 Å². The number of carboxylic acids is 1. The highest BCUT2D eigenvalue weighted by molar-refractivity contribution is 7.89. The van der Waals surface area contributed by atoms with Crippen molar-refractivity contribution in [3.8, 4) is 0 Å². The lowest BCUT2D eigenvalue weighted by molar-refractivity contribution is -0.139. The molecule has 0 aromatic carbocycles. The molecule has 5 nitrogen and oxygen atoms in total. The molecule has 0 bridgehead atoms. The number of nitrogens with one attached hydrogen (secondary N) is 1. The van der Waals surface area contributed by atoms with Crippen molar-refractivity contribution >= 4 is 16.0 Å². The first-order valence-corrected chi connectivity index (χ1v) is 7.56. The van der Waals surface area contributed by atoms with Crippen molar-refractivity contribution in [2.75, 3.05) is 5.75 Å². The Bertz CT molecular complexity index is 337. The van der Waals surface area contributed by atoms with Gasteiger partial charge in [0.15, 0.2) is 0 Å². The maximum absolute atomic E-state index is 11.7. The Labute approximate surface area is 104 Å². The van der Waals surface area contributed by atoms with E-state index in [-0.39, 0.29) is 17.6 Å². The third-order valence-corrected chi connectivity index (χ3v) is 4.18. The summed E-state index contributed by atoms with van der Waals surface area (Å²) >= 11 is 0. The molecule has 1 unspecified atom stereocenters. The van der Waals surface area contributed by atoms with Crippen LogP contribution in [0, 0.1) is 11.8 Å². The minimum absolute atomic E-state index is 0.0224. The molecular weight excluding hydrogens is 242 g/mol. The predicted molar refractivity (Wildman–Crippen MR) is 67.3 cm³/mol. The second-order valence-electron chi connectivity index (χ2n) is 4.93. The minimum Gasteiger partial charge on any atom is -0.480 e. The fourth-order valence-electron chi connectivity index (χ4n) is 1.43. The van der Waals surface area contributed by atoms with Crippen LogP contribution in [0.1, 0.15) is 40.5 Å². The van der Waals surface area contributed by atoms with E-state index < -0.39 is 22.0 Å². The predicted octanol–water partition coefficient (Wildman–Crippen LogP) is 1.45. The van der Waals surface area contributed by atoms with Crippen LogP contribution >= 0.6 is 0 Å². The molecule has 0 aliphatic carbocycles. The van der Waals surface area contributed by atoms with Gasteiger partial charge in [0.2, 0.25) is 10.0 Å². The van der Waals surface area contributed by atoms with Gasteiger partial charge in [-0.2, -0.15) is 0 Å². The van der Waals surface area contributed by atoms with Crippen molar-refractivity contribution in [1.82, 2.24) is 4.72 Å². The largest absolute Gasteiger partial charge is 0.480 e. The second kappa shape index (κ2) is 6.96. The highest BCUT2D eigenvalue weighted by atomic mass is 32.2. The highest BCUT2D eigenvalue weighted by Gasteiger charge is 2.25. The molecule has 0 aliphatic rings. The van der Waals surface area contributed by atoms with Gasteiger partial charge in [0, 0.05) is 0 Å². The van der Waals surface area contributed by atoms with Crippen molar-refractivity contribution in [3.63, 3.8) is 0 Å². The van der Waals surface area contributed by atoms with Gasteiger partial charge in [-0.25, -0.2) is 13.1 Å². The molecule has 0 amide bonds. The molecule has 0 spiro atoms. The zero-order valence-corrected chi connectivity index (χ0v) is 11.8. The lowest BCUT2D eigenvalue weighted by atomic mass is 10.1. The van der Waals surface area contributed by atoms with E-state index in [0.717, 1.165) is 6.42 Å². The summed E-state index contributed by atoms with van der Waals surface area (Å²) in [5.41, 5.74) is 0. The second-order valence-corrected chi connectivity index (χ2v) is 6.73. The Kier molecular flexibility index (Phi) is 6.70. The molecule has 17 heavy (non-hydrogen) atoms. The Hall–Kier alpha value is -0.620. The molecule has 0 aliphatic heterocycles. The third-order valence-electron chi connectivity index (χ3n) is 2.53. The zero-order valence-electron chi connectivity index (χ0n) is 10.9. The molecule has 6 heteroatoms. The minimum atomic E-state index is -3.51. The van der Waals surface area contributed by atoms with Crippen molar-refractivity contribution < 1.29 is 18.3 Å². The molecule has 0 saturated heterocycles. The van der Waals surface area contributed by atoms with Crippen LogP contribution in [0.15, 0.2) is 0 Å². The smallest absolute Gasteiger partial charge is 0.321 e. The Morgan fingerprint density at radius 3 is 2.18 bits per heavy atom. The van der Waals surface area contributed by atoms with E-state index in [9.17, 15) is 13.2 Å². The Morgan fingerprint density at radius 2 is 1.82 bits per heavy atom. The van der Waals surface area contributed by atoms with Crippen molar-refractivity contribution in [2.45, 2.75) is 46.6 Å². The van der Waals surface area contributed by atoms with Crippen molar-refractivity contribution in [2.24, 2.45) is 11.8 Å². The van der Waals surface area contributed by atoms with Gasteiger partial charge in [-0.1, -0.05) is 34.1 Å². The van der Waals surface area contributed by atoms with Gasteiger partial charge in [-0.05, 0) is 18.3 Å². The number of carbonyl (C=O) groups is 1. The first kappa shape index (κ1) is 16.4. The van der Waals surface area contributed by atoms with Gasteiger partial charge in [0.25, 0.3) is 0 Å². The lowest BCUT2D eigenvalue weighted by Crippen LogP contribution is -2.43. The van der Waals surface area contributed by atoms with Crippen molar-refractivity contribution in [3.05, 3.63) is 0 Å².